The number of hydrogen-bond acceptors (Lipinski definition) is 3. The molecule has 1 atom stereocenters. The molecule has 0 aliphatic carbocycles. The van der Waals surface area contributed by atoms with Gasteiger partial charge in [0.15, 0.2) is 0 Å². The molecule has 0 amide bonds. The van der Waals surface area contributed by atoms with Crippen LogP contribution in [-0.2, 0) is 11.2 Å². The van der Waals surface area contributed by atoms with E-state index in [4.69, 9.17) is 4.74 Å². The number of carbonyl (C=O) groups is 1. The topological polar surface area (TPSA) is 49.8 Å². The summed E-state index contributed by atoms with van der Waals surface area (Å²) in [6.45, 7) is 8.92. The SMILES string of the molecule is CC1CN(CCc2ccccc2C(=O)O)CC(C)(C)O1. The van der Waals surface area contributed by atoms with Gasteiger partial charge in [-0.15, -0.1) is 0 Å². The van der Waals surface area contributed by atoms with Crippen molar-refractivity contribution >= 4 is 5.97 Å². The van der Waals surface area contributed by atoms with Crippen molar-refractivity contribution in [2.24, 2.45) is 0 Å². The molecule has 1 aromatic carbocycles. The number of carboxylic acid groups (broad SMARTS) is 1. The normalized spacial score (nSPS) is 22.6. The molecule has 4 nitrogen and oxygen atoms in total. The van der Waals surface area contributed by atoms with Gasteiger partial charge in [-0.05, 0) is 38.8 Å². The average Bonchev–Trinajstić information content (AvgIpc) is 2.34. The zero-order chi connectivity index (χ0) is 14.8. The van der Waals surface area contributed by atoms with Crippen LogP contribution in [0.4, 0.5) is 0 Å². The van der Waals surface area contributed by atoms with Gasteiger partial charge in [0, 0.05) is 19.6 Å². The molecule has 0 radical (unpaired) electrons. The summed E-state index contributed by atoms with van der Waals surface area (Å²) in [5.41, 5.74) is 1.18. The molecule has 0 aromatic heterocycles. The quantitative estimate of drug-likeness (QED) is 0.918. The Balaban J connectivity index is 2.00. The van der Waals surface area contributed by atoms with Crippen LogP contribution in [-0.4, -0.2) is 47.3 Å². The Morgan fingerprint density at radius 1 is 1.45 bits per heavy atom. The second kappa shape index (κ2) is 5.94. The number of benzene rings is 1. The van der Waals surface area contributed by atoms with E-state index < -0.39 is 5.97 Å². The molecule has 20 heavy (non-hydrogen) atoms. The summed E-state index contributed by atoms with van der Waals surface area (Å²) in [5.74, 6) is -0.851. The monoisotopic (exact) mass is 277 g/mol. The largest absolute Gasteiger partial charge is 0.478 e. The Morgan fingerprint density at radius 3 is 2.80 bits per heavy atom. The van der Waals surface area contributed by atoms with Gasteiger partial charge in [-0.25, -0.2) is 4.79 Å². The molecule has 0 bridgehead atoms. The van der Waals surface area contributed by atoms with Crippen molar-refractivity contribution in [1.82, 2.24) is 4.90 Å². The molecule has 1 fully saturated rings. The van der Waals surface area contributed by atoms with Gasteiger partial charge in [-0.2, -0.15) is 0 Å². The zero-order valence-corrected chi connectivity index (χ0v) is 12.4. The molecule has 1 saturated heterocycles. The average molecular weight is 277 g/mol. The lowest BCUT2D eigenvalue weighted by Gasteiger charge is -2.41. The third-order valence-corrected chi connectivity index (χ3v) is 3.59. The smallest absolute Gasteiger partial charge is 0.335 e. The second-order valence-corrected chi connectivity index (χ2v) is 6.14. The standard InChI is InChI=1S/C16H23NO3/c1-12-10-17(11-16(2,3)20-12)9-8-13-6-4-5-7-14(13)15(18)19/h4-7,12H,8-11H2,1-3H3,(H,18,19). The van der Waals surface area contributed by atoms with Crippen LogP contribution in [0.15, 0.2) is 24.3 Å². The van der Waals surface area contributed by atoms with E-state index in [0.717, 1.165) is 31.6 Å². The van der Waals surface area contributed by atoms with Crippen LogP contribution < -0.4 is 0 Å². The summed E-state index contributed by atoms with van der Waals surface area (Å²) in [6, 6.07) is 7.24. The Labute approximate surface area is 120 Å². The lowest BCUT2D eigenvalue weighted by atomic mass is 10.0. The minimum Gasteiger partial charge on any atom is -0.478 e. The van der Waals surface area contributed by atoms with Crippen molar-refractivity contribution in [3.8, 4) is 0 Å². The Kier molecular flexibility index (Phi) is 4.45. The Bertz CT molecular complexity index is 484. The van der Waals surface area contributed by atoms with Gasteiger partial charge in [0.1, 0.15) is 0 Å². The van der Waals surface area contributed by atoms with Gasteiger partial charge in [0.05, 0.1) is 17.3 Å². The number of carboxylic acids is 1. The van der Waals surface area contributed by atoms with Gasteiger partial charge in [0.2, 0.25) is 0 Å². The molecular weight excluding hydrogens is 254 g/mol. The summed E-state index contributed by atoms with van der Waals surface area (Å²) < 4.78 is 5.88. The van der Waals surface area contributed by atoms with Crippen molar-refractivity contribution in [1.29, 1.82) is 0 Å². The molecular formula is C16H23NO3. The molecule has 0 saturated carbocycles. The van der Waals surface area contributed by atoms with E-state index in [1.54, 1.807) is 12.1 Å². The molecule has 2 rings (SSSR count). The third-order valence-electron chi connectivity index (χ3n) is 3.59. The van der Waals surface area contributed by atoms with Gasteiger partial charge in [-0.3, -0.25) is 4.90 Å². The van der Waals surface area contributed by atoms with E-state index in [-0.39, 0.29) is 11.7 Å². The molecule has 1 unspecified atom stereocenters. The molecule has 110 valence electrons. The first-order valence-corrected chi connectivity index (χ1v) is 7.09. The highest BCUT2D eigenvalue weighted by Gasteiger charge is 2.30. The fourth-order valence-corrected chi connectivity index (χ4v) is 2.98. The van der Waals surface area contributed by atoms with E-state index in [1.165, 1.54) is 0 Å². The lowest BCUT2D eigenvalue weighted by molar-refractivity contribution is -0.128. The minimum atomic E-state index is -0.851. The first kappa shape index (κ1) is 15.0. The third kappa shape index (κ3) is 3.81. The van der Waals surface area contributed by atoms with Crippen LogP contribution in [0.5, 0.6) is 0 Å². The highest BCUT2D eigenvalue weighted by atomic mass is 16.5. The highest BCUT2D eigenvalue weighted by Crippen LogP contribution is 2.21. The summed E-state index contributed by atoms with van der Waals surface area (Å²) >= 11 is 0. The lowest BCUT2D eigenvalue weighted by Crippen LogP contribution is -2.52. The van der Waals surface area contributed by atoms with E-state index in [2.05, 4.69) is 25.7 Å². The number of hydrogen-bond donors (Lipinski definition) is 1. The summed E-state index contributed by atoms with van der Waals surface area (Å²) in [4.78, 5) is 13.5. The summed E-state index contributed by atoms with van der Waals surface area (Å²) in [5, 5.41) is 9.19. The first-order chi connectivity index (χ1) is 9.37. The maximum Gasteiger partial charge on any atom is 0.335 e. The fourth-order valence-electron chi connectivity index (χ4n) is 2.98. The predicted octanol–water partition coefficient (Wildman–Crippen LogP) is 2.43. The van der Waals surface area contributed by atoms with Crippen molar-refractivity contribution in [2.75, 3.05) is 19.6 Å². The van der Waals surface area contributed by atoms with Crippen LogP contribution in [0.25, 0.3) is 0 Å². The van der Waals surface area contributed by atoms with E-state index in [9.17, 15) is 9.90 Å². The first-order valence-electron chi connectivity index (χ1n) is 7.09. The second-order valence-electron chi connectivity index (χ2n) is 6.14. The van der Waals surface area contributed by atoms with Gasteiger partial charge < -0.3 is 9.84 Å². The van der Waals surface area contributed by atoms with E-state index in [1.807, 2.05) is 12.1 Å². The fraction of sp³-hybridized carbons (Fsp3) is 0.562. The Hall–Kier alpha value is -1.39. The van der Waals surface area contributed by atoms with Crippen molar-refractivity contribution in [2.45, 2.75) is 38.9 Å². The number of morpholine rings is 1. The number of ether oxygens (including phenoxy) is 1. The highest BCUT2D eigenvalue weighted by molar-refractivity contribution is 5.89. The number of aromatic carboxylic acids is 1. The van der Waals surface area contributed by atoms with E-state index in [0.29, 0.717) is 5.56 Å². The molecule has 1 aliphatic heterocycles. The molecule has 1 aromatic rings. The minimum absolute atomic E-state index is 0.135. The maximum atomic E-state index is 11.2. The van der Waals surface area contributed by atoms with Gasteiger partial charge >= 0.3 is 5.97 Å². The zero-order valence-electron chi connectivity index (χ0n) is 12.4. The van der Waals surface area contributed by atoms with Crippen molar-refractivity contribution in [3.05, 3.63) is 35.4 Å². The van der Waals surface area contributed by atoms with Crippen LogP contribution in [0.2, 0.25) is 0 Å². The summed E-state index contributed by atoms with van der Waals surface area (Å²) in [6.07, 6.45) is 0.971. The molecule has 0 spiro atoms. The van der Waals surface area contributed by atoms with Gasteiger partial charge in [-0.1, -0.05) is 18.2 Å². The summed E-state index contributed by atoms with van der Waals surface area (Å²) in [7, 11) is 0. The van der Waals surface area contributed by atoms with Crippen LogP contribution in [0.3, 0.4) is 0 Å². The number of nitrogens with zero attached hydrogens (tertiary/aromatic N) is 1. The predicted molar refractivity (Wildman–Crippen MR) is 78.2 cm³/mol. The molecule has 1 heterocycles. The van der Waals surface area contributed by atoms with Crippen LogP contribution >= 0.6 is 0 Å². The van der Waals surface area contributed by atoms with Gasteiger partial charge in [0.25, 0.3) is 0 Å². The van der Waals surface area contributed by atoms with Crippen LogP contribution in [0.1, 0.15) is 36.7 Å². The maximum absolute atomic E-state index is 11.2. The Morgan fingerprint density at radius 2 is 2.15 bits per heavy atom. The van der Waals surface area contributed by atoms with E-state index >= 15 is 0 Å². The van der Waals surface area contributed by atoms with Crippen molar-refractivity contribution in [3.63, 3.8) is 0 Å². The molecule has 4 heteroatoms. The molecule has 1 aliphatic rings. The van der Waals surface area contributed by atoms with Crippen LogP contribution in [0, 0.1) is 0 Å². The number of rotatable bonds is 4. The van der Waals surface area contributed by atoms with Crippen molar-refractivity contribution < 1.29 is 14.6 Å². The molecule has 1 N–H and O–H groups in total.